The first-order chi connectivity index (χ1) is 10.8. The van der Waals surface area contributed by atoms with E-state index in [4.69, 9.17) is 14.2 Å². The second-order valence-electron chi connectivity index (χ2n) is 5.67. The third-order valence-electron chi connectivity index (χ3n) is 4.04. The van der Waals surface area contributed by atoms with E-state index in [-0.39, 0.29) is 5.60 Å². The van der Waals surface area contributed by atoms with Crippen LogP contribution in [0.15, 0.2) is 4.99 Å². The van der Waals surface area contributed by atoms with Gasteiger partial charge in [-0.05, 0) is 12.8 Å². The number of guanidine groups is 1. The van der Waals surface area contributed by atoms with Gasteiger partial charge < -0.3 is 24.8 Å². The minimum Gasteiger partial charge on any atom is -0.381 e. The van der Waals surface area contributed by atoms with Crippen LogP contribution in [-0.4, -0.2) is 65.2 Å². The van der Waals surface area contributed by atoms with Gasteiger partial charge in [-0.15, -0.1) is 0 Å². The molecule has 6 heteroatoms. The molecule has 1 fully saturated rings. The first-order valence-corrected chi connectivity index (χ1v) is 8.41. The lowest BCUT2D eigenvalue weighted by atomic mass is 9.94. The van der Waals surface area contributed by atoms with Crippen LogP contribution in [0.4, 0.5) is 0 Å². The van der Waals surface area contributed by atoms with Crippen LogP contribution < -0.4 is 10.6 Å². The maximum atomic E-state index is 5.71. The number of nitrogens with one attached hydrogen (secondary N) is 2. The van der Waals surface area contributed by atoms with E-state index in [1.54, 1.807) is 14.2 Å². The molecule has 0 radical (unpaired) electrons. The van der Waals surface area contributed by atoms with E-state index in [1.807, 2.05) is 0 Å². The fraction of sp³-hybridized carbons (Fsp3) is 0.938. The molecular weight excluding hydrogens is 282 g/mol. The first kappa shape index (κ1) is 19.2. The highest BCUT2D eigenvalue weighted by atomic mass is 16.5. The average molecular weight is 315 g/mol. The minimum absolute atomic E-state index is 0.140. The van der Waals surface area contributed by atoms with Gasteiger partial charge in [0.2, 0.25) is 0 Å². The standard InChI is InChI=1S/C16H33N3O3/c1-4-5-10-21-11-6-9-18-15(17-2)19-14-16(20-3)7-12-22-13-8-16/h4-14H2,1-3H3,(H2,17,18,19). The number of rotatable bonds is 10. The fourth-order valence-electron chi connectivity index (χ4n) is 2.39. The van der Waals surface area contributed by atoms with Crippen molar-refractivity contribution in [1.29, 1.82) is 0 Å². The summed E-state index contributed by atoms with van der Waals surface area (Å²) in [6.45, 7) is 6.96. The van der Waals surface area contributed by atoms with Crippen molar-refractivity contribution in [2.75, 3.05) is 53.7 Å². The van der Waals surface area contributed by atoms with Gasteiger partial charge in [-0.2, -0.15) is 0 Å². The van der Waals surface area contributed by atoms with Crippen LogP contribution in [-0.2, 0) is 14.2 Å². The smallest absolute Gasteiger partial charge is 0.191 e. The summed E-state index contributed by atoms with van der Waals surface area (Å²) in [4.78, 5) is 4.25. The van der Waals surface area contributed by atoms with Gasteiger partial charge >= 0.3 is 0 Å². The van der Waals surface area contributed by atoms with Gasteiger partial charge in [-0.25, -0.2) is 0 Å². The lowest BCUT2D eigenvalue weighted by Gasteiger charge is -2.36. The molecule has 0 spiro atoms. The van der Waals surface area contributed by atoms with Crippen molar-refractivity contribution in [2.45, 2.75) is 44.6 Å². The lowest BCUT2D eigenvalue weighted by Crippen LogP contribution is -2.50. The monoisotopic (exact) mass is 315 g/mol. The zero-order chi connectivity index (χ0) is 16.1. The number of aliphatic imine (C=N–C) groups is 1. The molecule has 0 aromatic rings. The topological polar surface area (TPSA) is 64.1 Å². The van der Waals surface area contributed by atoms with E-state index in [9.17, 15) is 0 Å². The van der Waals surface area contributed by atoms with Crippen LogP contribution in [0.5, 0.6) is 0 Å². The summed E-state index contributed by atoms with van der Waals surface area (Å²) in [5.41, 5.74) is -0.140. The zero-order valence-electron chi connectivity index (χ0n) is 14.5. The maximum absolute atomic E-state index is 5.71. The number of unbranched alkanes of at least 4 members (excludes halogenated alkanes) is 1. The Bertz CT molecular complexity index is 305. The molecule has 2 N–H and O–H groups in total. The summed E-state index contributed by atoms with van der Waals surface area (Å²) < 4.78 is 16.7. The van der Waals surface area contributed by atoms with Crippen molar-refractivity contribution >= 4 is 5.96 Å². The first-order valence-electron chi connectivity index (χ1n) is 8.41. The number of ether oxygens (including phenoxy) is 3. The Kier molecular flexibility index (Phi) is 10.2. The molecule has 1 heterocycles. The summed E-state index contributed by atoms with van der Waals surface area (Å²) >= 11 is 0. The Labute approximate surface area is 135 Å². The molecule has 1 aliphatic rings. The highest BCUT2D eigenvalue weighted by Gasteiger charge is 2.32. The molecule has 0 aliphatic carbocycles. The summed E-state index contributed by atoms with van der Waals surface area (Å²) in [6, 6.07) is 0. The number of hydrogen-bond acceptors (Lipinski definition) is 4. The molecule has 1 rings (SSSR count). The molecule has 130 valence electrons. The summed E-state index contributed by atoms with van der Waals surface area (Å²) in [7, 11) is 3.56. The van der Waals surface area contributed by atoms with Crippen molar-refractivity contribution < 1.29 is 14.2 Å². The van der Waals surface area contributed by atoms with Crippen LogP contribution in [0, 0.1) is 0 Å². The lowest BCUT2D eigenvalue weighted by molar-refractivity contribution is -0.0855. The minimum atomic E-state index is -0.140. The highest BCUT2D eigenvalue weighted by Crippen LogP contribution is 2.23. The summed E-state index contributed by atoms with van der Waals surface area (Å²) in [6.07, 6.45) is 5.13. The van der Waals surface area contributed by atoms with Gasteiger partial charge in [0, 0.05) is 66.5 Å². The molecular formula is C16H33N3O3. The SMILES string of the molecule is CCCCOCCCNC(=NC)NCC1(OC)CCOCC1. The Hall–Kier alpha value is -0.850. The van der Waals surface area contributed by atoms with Gasteiger partial charge in [0.25, 0.3) is 0 Å². The van der Waals surface area contributed by atoms with Crippen molar-refractivity contribution in [3.63, 3.8) is 0 Å². The van der Waals surface area contributed by atoms with Crippen molar-refractivity contribution in [3.05, 3.63) is 0 Å². The van der Waals surface area contributed by atoms with Crippen LogP contribution in [0.2, 0.25) is 0 Å². The molecule has 0 aromatic carbocycles. The van der Waals surface area contributed by atoms with E-state index in [1.165, 1.54) is 6.42 Å². The van der Waals surface area contributed by atoms with Gasteiger partial charge in [-0.1, -0.05) is 13.3 Å². The van der Waals surface area contributed by atoms with E-state index in [0.717, 1.165) is 71.2 Å². The molecule has 0 atom stereocenters. The third-order valence-corrected chi connectivity index (χ3v) is 4.04. The molecule has 22 heavy (non-hydrogen) atoms. The Balaban J connectivity index is 2.16. The van der Waals surface area contributed by atoms with Crippen molar-refractivity contribution in [1.82, 2.24) is 10.6 Å². The Morgan fingerprint density at radius 1 is 1.18 bits per heavy atom. The molecule has 0 aromatic heterocycles. The number of nitrogens with zero attached hydrogens (tertiary/aromatic N) is 1. The molecule has 0 unspecified atom stereocenters. The predicted octanol–water partition coefficient (Wildman–Crippen LogP) is 1.55. The summed E-state index contributed by atoms with van der Waals surface area (Å²) in [5, 5.41) is 6.67. The van der Waals surface area contributed by atoms with Gasteiger partial charge in [0.15, 0.2) is 5.96 Å². The van der Waals surface area contributed by atoms with E-state index >= 15 is 0 Å². The van der Waals surface area contributed by atoms with Gasteiger partial charge in [0.05, 0.1) is 5.60 Å². The van der Waals surface area contributed by atoms with E-state index in [2.05, 4.69) is 22.5 Å². The van der Waals surface area contributed by atoms with Crippen LogP contribution in [0.25, 0.3) is 0 Å². The quantitative estimate of drug-likeness (QED) is 0.364. The van der Waals surface area contributed by atoms with Crippen LogP contribution in [0.1, 0.15) is 39.0 Å². The summed E-state index contributed by atoms with van der Waals surface area (Å²) in [5.74, 6) is 0.816. The van der Waals surface area contributed by atoms with Crippen molar-refractivity contribution in [2.24, 2.45) is 4.99 Å². The largest absolute Gasteiger partial charge is 0.381 e. The molecule has 0 saturated carbocycles. The van der Waals surface area contributed by atoms with E-state index < -0.39 is 0 Å². The second-order valence-corrected chi connectivity index (χ2v) is 5.67. The Morgan fingerprint density at radius 3 is 2.55 bits per heavy atom. The third kappa shape index (κ3) is 7.42. The fourth-order valence-corrected chi connectivity index (χ4v) is 2.39. The predicted molar refractivity (Wildman–Crippen MR) is 89.5 cm³/mol. The number of hydrogen-bond donors (Lipinski definition) is 2. The van der Waals surface area contributed by atoms with Crippen LogP contribution in [0.3, 0.4) is 0 Å². The van der Waals surface area contributed by atoms with Crippen LogP contribution >= 0.6 is 0 Å². The Morgan fingerprint density at radius 2 is 1.91 bits per heavy atom. The average Bonchev–Trinajstić information content (AvgIpc) is 2.57. The highest BCUT2D eigenvalue weighted by molar-refractivity contribution is 5.79. The maximum Gasteiger partial charge on any atom is 0.191 e. The second kappa shape index (κ2) is 11.7. The molecule has 0 bridgehead atoms. The number of methoxy groups -OCH3 is 1. The molecule has 1 saturated heterocycles. The zero-order valence-corrected chi connectivity index (χ0v) is 14.5. The molecule has 0 amide bonds. The van der Waals surface area contributed by atoms with Crippen molar-refractivity contribution in [3.8, 4) is 0 Å². The van der Waals surface area contributed by atoms with Gasteiger partial charge in [-0.3, -0.25) is 4.99 Å². The molecule has 6 nitrogen and oxygen atoms in total. The molecule has 1 aliphatic heterocycles. The normalized spacial score (nSPS) is 18.2. The van der Waals surface area contributed by atoms with E-state index in [0.29, 0.717) is 0 Å². The van der Waals surface area contributed by atoms with Gasteiger partial charge in [0.1, 0.15) is 0 Å².